The van der Waals surface area contributed by atoms with Gasteiger partial charge in [-0.2, -0.15) is 0 Å². The van der Waals surface area contributed by atoms with E-state index in [1.165, 1.54) is 0 Å². The number of phenols is 1. The number of phenolic OH excluding ortho intramolecular Hbond substituents is 1. The van der Waals surface area contributed by atoms with Gasteiger partial charge in [-0.1, -0.05) is 11.6 Å². The van der Waals surface area contributed by atoms with Crippen molar-refractivity contribution >= 4 is 28.3 Å². The van der Waals surface area contributed by atoms with Gasteiger partial charge in [0, 0.05) is 22.2 Å². The van der Waals surface area contributed by atoms with Crippen LogP contribution in [0.1, 0.15) is 21.5 Å². The molecule has 2 aromatic carbocycles. The number of halogens is 1. The van der Waals surface area contributed by atoms with Crippen molar-refractivity contribution in [3.63, 3.8) is 0 Å². The van der Waals surface area contributed by atoms with Crippen molar-refractivity contribution in [2.45, 2.75) is 6.92 Å². The highest BCUT2D eigenvalue weighted by Gasteiger charge is 2.18. The normalized spacial score (nSPS) is 10.8. The number of aromatic hydroxyl groups is 1. The number of benzene rings is 2. The number of rotatable bonds is 2. The van der Waals surface area contributed by atoms with Crippen LogP contribution in [0.5, 0.6) is 5.75 Å². The van der Waals surface area contributed by atoms with Gasteiger partial charge in [-0.15, -0.1) is 0 Å². The van der Waals surface area contributed by atoms with Gasteiger partial charge in [-0.05, 0) is 55.0 Å². The van der Waals surface area contributed by atoms with Crippen LogP contribution in [0.4, 0.5) is 0 Å². The lowest BCUT2D eigenvalue weighted by molar-refractivity contribution is 0.103. The van der Waals surface area contributed by atoms with Crippen LogP contribution in [0, 0.1) is 6.92 Å². The summed E-state index contributed by atoms with van der Waals surface area (Å²) < 4.78 is 0. The maximum Gasteiger partial charge on any atom is 0.195 e. The zero-order valence-corrected chi connectivity index (χ0v) is 12.1. The summed E-state index contributed by atoms with van der Waals surface area (Å²) in [6.45, 7) is 1.79. The van der Waals surface area contributed by atoms with Gasteiger partial charge >= 0.3 is 0 Å². The minimum atomic E-state index is -0.132. The molecule has 1 heterocycles. The van der Waals surface area contributed by atoms with E-state index >= 15 is 0 Å². The first-order valence-electron chi connectivity index (χ1n) is 6.45. The van der Waals surface area contributed by atoms with Crippen LogP contribution in [-0.4, -0.2) is 15.9 Å². The molecular weight excluding hydrogens is 286 g/mol. The van der Waals surface area contributed by atoms with E-state index in [1.54, 1.807) is 55.6 Å². The molecule has 0 unspecified atom stereocenters. The first-order valence-corrected chi connectivity index (χ1v) is 6.83. The first kappa shape index (κ1) is 13.6. The van der Waals surface area contributed by atoms with Gasteiger partial charge in [0.1, 0.15) is 5.75 Å². The van der Waals surface area contributed by atoms with Crippen LogP contribution >= 0.6 is 11.6 Å². The zero-order valence-electron chi connectivity index (χ0n) is 11.3. The molecule has 0 radical (unpaired) electrons. The summed E-state index contributed by atoms with van der Waals surface area (Å²) in [5.74, 6) is -0.00359. The molecule has 1 N–H and O–H groups in total. The summed E-state index contributed by atoms with van der Waals surface area (Å²) in [4.78, 5) is 17.0. The Bertz CT molecular complexity index is 841. The Labute approximate surface area is 126 Å². The number of carbonyl (C=O) groups is 1. The van der Waals surface area contributed by atoms with Crippen molar-refractivity contribution in [3.8, 4) is 5.75 Å². The molecule has 3 rings (SSSR count). The third-order valence-corrected chi connectivity index (χ3v) is 3.65. The van der Waals surface area contributed by atoms with Gasteiger partial charge in [0.2, 0.25) is 0 Å². The van der Waals surface area contributed by atoms with E-state index in [4.69, 9.17) is 11.6 Å². The van der Waals surface area contributed by atoms with E-state index in [-0.39, 0.29) is 11.5 Å². The van der Waals surface area contributed by atoms with E-state index in [1.807, 2.05) is 0 Å². The SMILES string of the molecule is Cc1cc(O)c2cccnc2c1C(=O)c1ccc(Cl)cc1. The molecule has 0 aliphatic rings. The van der Waals surface area contributed by atoms with E-state index < -0.39 is 0 Å². The lowest BCUT2D eigenvalue weighted by Crippen LogP contribution is -2.05. The van der Waals surface area contributed by atoms with Gasteiger partial charge in [0.15, 0.2) is 5.78 Å². The van der Waals surface area contributed by atoms with Crippen LogP contribution < -0.4 is 0 Å². The maximum absolute atomic E-state index is 12.7. The number of nitrogens with zero attached hydrogens (tertiary/aromatic N) is 1. The fourth-order valence-corrected chi connectivity index (χ4v) is 2.51. The fourth-order valence-electron chi connectivity index (χ4n) is 2.39. The maximum atomic E-state index is 12.7. The molecule has 104 valence electrons. The number of fused-ring (bicyclic) bond motifs is 1. The summed E-state index contributed by atoms with van der Waals surface area (Å²) in [7, 11) is 0. The van der Waals surface area contributed by atoms with Gasteiger partial charge in [-0.3, -0.25) is 9.78 Å². The molecule has 4 heteroatoms. The van der Waals surface area contributed by atoms with Gasteiger partial charge < -0.3 is 5.11 Å². The molecule has 0 aliphatic carbocycles. The molecule has 1 aromatic heterocycles. The third-order valence-electron chi connectivity index (χ3n) is 3.40. The van der Waals surface area contributed by atoms with Crippen molar-refractivity contribution in [2.24, 2.45) is 0 Å². The number of carbonyl (C=O) groups excluding carboxylic acids is 1. The third kappa shape index (κ3) is 2.36. The molecule has 0 saturated heterocycles. The number of hydrogen-bond donors (Lipinski definition) is 1. The molecule has 3 nitrogen and oxygen atoms in total. The van der Waals surface area contributed by atoms with Crippen LogP contribution in [-0.2, 0) is 0 Å². The van der Waals surface area contributed by atoms with Crippen molar-refractivity contribution < 1.29 is 9.90 Å². The Morgan fingerprint density at radius 3 is 2.62 bits per heavy atom. The molecule has 21 heavy (non-hydrogen) atoms. The molecule has 3 aromatic rings. The predicted octanol–water partition coefficient (Wildman–Crippen LogP) is 4.13. The Hall–Kier alpha value is -2.39. The van der Waals surface area contributed by atoms with Crippen LogP contribution in [0.25, 0.3) is 10.9 Å². The lowest BCUT2D eigenvalue weighted by atomic mass is 9.95. The molecule has 0 spiro atoms. The average molecular weight is 298 g/mol. The topological polar surface area (TPSA) is 50.2 Å². The van der Waals surface area contributed by atoms with Gasteiger partial charge in [0.25, 0.3) is 0 Å². The average Bonchev–Trinajstić information content (AvgIpc) is 2.48. The predicted molar refractivity (Wildman–Crippen MR) is 83.0 cm³/mol. The Kier molecular flexibility index (Phi) is 3.35. The number of hydrogen-bond acceptors (Lipinski definition) is 3. The summed E-state index contributed by atoms with van der Waals surface area (Å²) in [5, 5.41) is 11.1. The second kappa shape index (κ2) is 5.19. The van der Waals surface area contributed by atoms with Crippen molar-refractivity contribution in [3.05, 3.63) is 70.4 Å². The summed E-state index contributed by atoms with van der Waals surface area (Å²) in [6.07, 6.45) is 1.61. The molecule has 0 fully saturated rings. The standard InChI is InChI=1S/C17H12ClNO2/c1-10-9-14(20)13-3-2-8-19-16(13)15(10)17(21)11-4-6-12(18)7-5-11/h2-9,20H,1H3. The fraction of sp³-hybridized carbons (Fsp3) is 0.0588. The first-order chi connectivity index (χ1) is 10.1. The largest absolute Gasteiger partial charge is 0.507 e. The minimum absolute atomic E-state index is 0.128. The molecule has 0 atom stereocenters. The van der Waals surface area contributed by atoms with Crippen molar-refractivity contribution in [1.82, 2.24) is 4.98 Å². The summed E-state index contributed by atoms with van der Waals surface area (Å²) in [5.41, 5.74) is 2.25. The Morgan fingerprint density at radius 1 is 1.19 bits per heavy atom. The highest BCUT2D eigenvalue weighted by molar-refractivity contribution is 6.30. The summed E-state index contributed by atoms with van der Waals surface area (Å²) >= 11 is 5.85. The zero-order chi connectivity index (χ0) is 15.0. The van der Waals surface area contributed by atoms with E-state index in [9.17, 15) is 9.90 Å². The van der Waals surface area contributed by atoms with Crippen LogP contribution in [0.2, 0.25) is 5.02 Å². The summed E-state index contributed by atoms with van der Waals surface area (Å²) in [6, 6.07) is 11.8. The van der Waals surface area contributed by atoms with E-state index in [0.29, 0.717) is 32.6 Å². The number of ketones is 1. The van der Waals surface area contributed by atoms with Crippen molar-refractivity contribution in [1.29, 1.82) is 0 Å². The highest BCUT2D eigenvalue weighted by Crippen LogP contribution is 2.30. The minimum Gasteiger partial charge on any atom is -0.507 e. The molecule has 0 bridgehead atoms. The van der Waals surface area contributed by atoms with Crippen molar-refractivity contribution in [2.75, 3.05) is 0 Å². The van der Waals surface area contributed by atoms with Gasteiger partial charge in [0.05, 0.1) is 11.1 Å². The number of pyridine rings is 1. The quantitative estimate of drug-likeness (QED) is 0.723. The molecule has 0 aliphatic heterocycles. The van der Waals surface area contributed by atoms with Crippen LogP contribution in [0.15, 0.2) is 48.7 Å². The number of aromatic nitrogens is 1. The Balaban J connectivity index is 2.24. The number of aryl methyl sites for hydroxylation is 1. The van der Waals surface area contributed by atoms with E-state index in [2.05, 4.69) is 4.98 Å². The molecule has 0 amide bonds. The molecule has 0 saturated carbocycles. The highest BCUT2D eigenvalue weighted by atomic mass is 35.5. The van der Waals surface area contributed by atoms with Gasteiger partial charge in [-0.25, -0.2) is 0 Å². The second-order valence-corrected chi connectivity index (χ2v) is 5.26. The van der Waals surface area contributed by atoms with Crippen LogP contribution in [0.3, 0.4) is 0 Å². The van der Waals surface area contributed by atoms with E-state index in [0.717, 1.165) is 0 Å². The molecular formula is C17H12ClNO2. The monoisotopic (exact) mass is 297 g/mol. The second-order valence-electron chi connectivity index (χ2n) is 4.82. The lowest BCUT2D eigenvalue weighted by Gasteiger charge is -2.10. The smallest absolute Gasteiger partial charge is 0.195 e. The Morgan fingerprint density at radius 2 is 1.90 bits per heavy atom.